The lowest BCUT2D eigenvalue weighted by molar-refractivity contribution is 0.620. The zero-order chi connectivity index (χ0) is 17.2. The van der Waals surface area contributed by atoms with Gasteiger partial charge in [-0.1, -0.05) is 18.2 Å². The van der Waals surface area contributed by atoms with Crippen molar-refractivity contribution in [3.8, 4) is 11.5 Å². The molecule has 4 aromatic rings. The molecule has 0 saturated carbocycles. The molecule has 0 bridgehead atoms. The highest BCUT2D eigenvalue weighted by atomic mass is 127. The molecule has 0 atom stereocenters. The van der Waals surface area contributed by atoms with Crippen LogP contribution in [0.4, 0.5) is 5.69 Å². The number of fused-ring (bicyclic) bond motifs is 1. The first-order valence-electron chi connectivity index (χ1n) is 7.95. The van der Waals surface area contributed by atoms with E-state index < -0.39 is 0 Å². The van der Waals surface area contributed by atoms with E-state index in [1.807, 2.05) is 55.6 Å². The molecule has 0 aliphatic heterocycles. The fraction of sp³-hybridized carbons (Fsp3) is 0.0476. The minimum Gasteiger partial charge on any atom is -0.436 e. The number of rotatable bonds is 3. The molecular weight excluding hydrogens is 423 g/mol. The van der Waals surface area contributed by atoms with Crippen molar-refractivity contribution >= 4 is 45.6 Å². The summed E-state index contributed by atoms with van der Waals surface area (Å²) in [6.07, 6.45) is 1.87. The Kier molecular flexibility index (Phi) is 4.36. The topological polar surface area (TPSA) is 38.4 Å². The molecule has 0 radical (unpaired) electrons. The summed E-state index contributed by atoms with van der Waals surface area (Å²) in [6.45, 7) is 2.05. The van der Waals surface area contributed by atoms with Gasteiger partial charge in [0.2, 0.25) is 5.89 Å². The van der Waals surface area contributed by atoms with Crippen molar-refractivity contribution in [2.24, 2.45) is 4.99 Å². The lowest BCUT2D eigenvalue weighted by atomic mass is 10.2. The Labute approximate surface area is 159 Å². The van der Waals surface area contributed by atoms with Crippen LogP contribution in [0, 0.1) is 10.5 Å². The Balaban J connectivity index is 1.57. The summed E-state index contributed by atoms with van der Waals surface area (Å²) >= 11 is 2.29. The molecule has 0 aliphatic rings. The standard InChI is InChI=1S/C21H15IN2O/c1-14-2-11-20-19(12-14)24-21(25-20)16-5-9-18(10-6-16)23-13-15-3-7-17(22)8-4-15/h2-13H,1H3. The molecule has 1 heterocycles. The minimum atomic E-state index is 0.633. The second kappa shape index (κ2) is 6.80. The molecule has 1 aromatic heterocycles. The monoisotopic (exact) mass is 438 g/mol. The summed E-state index contributed by atoms with van der Waals surface area (Å²) < 4.78 is 7.05. The second-order valence-electron chi connectivity index (χ2n) is 5.85. The molecule has 4 heteroatoms. The summed E-state index contributed by atoms with van der Waals surface area (Å²) in [5.74, 6) is 0.633. The Morgan fingerprint density at radius 2 is 1.72 bits per heavy atom. The van der Waals surface area contributed by atoms with Gasteiger partial charge in [0.05, 0.1) is 5.69 Å². The fourth-order valence-electron chi connectivity index (χ4n) is 2.55. The molecule has 0 N–H and O–H groups in total. The fourth-order valence-corrected chi connectivity index (χ4v) is 2.91. The quantitative estimate of drug-likeness (QED) is 0.284. The van der Waals surface area contributed by atoms with Crippen LogP contribution >= 0.6 is 22.6 Å². The smallest absolute Gasteiger partial charge is 0.227 e. The number of benzene rings is 3. The maximum atomic E-state index is 5.84. The molecule has 0 unspecified atom stereocenters. The second-order valence-corrected chi connectivity index (χ2v) is 7.09. The van der Waals surface area contributed by atoms with Crippen LogP contribution in [0.2, 0.25) is 0 Å². The molecule has 0 amide bonds. The molecule has 0 spiro atoms. The maximum absolute atomic E-state index is 5.84. The first-order valence-corrected chi connectivity index (χ1v) is 9.02. The summed E-state index contributed by atoms with van der Waals surface area (Å²) in [4.78, 5) is 9.09. The Morgan fingerprint density at radius 1 is 0.960 bits per heavy atom. The number of halogens is 1. The minimum absolute atomic E-state index is 0.633. The van der Waals surface area contributed by atoms with E-state index in [-0.39, 0.29) is 0 Å². The predicted octanol–water partition coefficient (Wildman–Crippen LogP) is 6.16. The predicted molar refractivity (Wildman–Crippen MR) is 111 cm³/mol. The third kappa shape index (κ3) is 3.64. The number of hydrogen-bond donors (Lipinski definition) is 0. The highest BCUT2D eigenvalue weighted by Crippen LogP contribution is 2.26. The van der Waals surface area contributed by atoms with Crippen LogP contribution in [0.3, 0.4) is 0 Å². The molecular formula is C21H15IN2O. The summed E-state index contributed by atoms with van der Waals surface area (Å²) in [5, 5.41) is 0. The first-order chi connectivity index (χ1) is 12.2. The third-order valence-corrected chi connectivity index (χ3v) is 4.61. The average molecular weight is 438 g/mol. The van der Waals surface area contributed by atoms with Crippen molar-refractivity contribution < 1.29 is 4.42 Å². The van der Waals surface area contributed by atoms with E-state index in [1.54, 1.807) is 0 Å². The van der Waals surface area contributed by atoms with Crippen LogP contribution < -0.4 is 0 Å². The van der Waals surface area contributed by atoms with E-state index in [1.165, 1.54) is 9.13 Å². The van der Waals surface area contributed by atoms with Gasteiger partial charge in [-0.05, 0) is 89.2 Å². The van der Waals surface area contributed by atoms with Crippen molar-refractivity contribution in [1.29, 1.82) is 0 Å². The van der Waals surface area contributed by atoms with Gasteiger partial charge in [0.1, 0.15) is 5.52 Å². The normalized spacial score (nSPS) is 11.4. The van der Waals surface area contributed by atoms with Crippen LogP contribution in [0.15, 0.2) is 76.1 Å². The van der Waals surface area contributed by atoms with E-state index in [0.29, 0.717) is 5.89 Å². The van der Waals surface area contributed by atoms with Gasteiger partial charge >= 0.3 is 0 Å². The highest BCUT2D eigenvalue weighted by molar-refractivity contribution is 14.1. The number of aliphatic imine (C=N–C) groups is 1. The Hall–Kier alpha value is -2.47. The summed E-state index contributed by atoms with van der Waals surface area (Å²) in [5.41, 5.74) is 5.79. The molecule has 3 aromatic carbocycles. The Morgan fingerprint density at radius 3 is 2.48 bits per heavy atom. The van der Waals surface area contributed by atoms with Crippen molar-refractivity contribution in [2.75, 3.05) is 0 Å². The lowest BCUT2D eigenvalue weighted by Gasteiger charge is -1.97. The highest BCUT2D eigenvalue weighted by Gasteiger charge is 2.08. The number of hydrogen-bond acceptors (Lipinski definition) is 3. The van der Waals surface area contributed by atoms with E-state index >= 15 is 0 Å². The van der Waals surface area contributed by atoms with Crippen LogP contribution in [0.1, 0.15) is 11.1 Å². The number of oxazole rings is 1. The van der Waals surface area contributed by atoms with Crippen LogP contribution in [-0.2, 0) is 0 Å². The molecule has 4 rings (SSSR count). The zero-order valence-electron chi connectivity index (χ0n) is 13.6. The van der Waals surface area contributed by atoms with Crippen LogP contribution in [0.5, 0.6) is 0 Å². The molecule has 0 fully saturated rings. The SMILES string of the molecule is Cc1ccc2oc(-c3ccc(N=Cc4ccc(I)cc4)cc3)nc2c1. The van der Waals surface area contributed by atoms with Gasteiger partial charge in [-0.2, -0.15) is 0 Å². The van der Waals surface area contributed by atoms with Gasteiger partial charge < -0.3 is 4.42 Å². The summed E-state index contributed by atoms with van der Waals surface area (Å²) in [7, 11) is 0. The first kappa shape index (κ1) is 16.0. The molecule has 122 valence electrons. The number of aromatic nitrogens is 1. The van der Waals surface area contributed by atoms with E-state index in [2.05, 4.69) is 56.8 Å². The maximum Gasteiger partial charge on any atom is 0.227 e. The van der Waals surface area contributed by atoms with Crippen molar-refractivity contribution in [2.45, 2.75) is 6.92 Å². The van der Waals surface area contributed by atoms with E-state index in [0.717, 1.165) is 27.9 Å². The molecule has 0 aliphatic carbocycles. The van der Waals surface area contributed by atoms with Crippen LogP contribution in [-0.4, -0.2) is 11.2 Å². The van der Waals surface area contributed by atoms with Gasteiger partial charge in [0, 0.05) is 15.3 Å². The molecule has 0 saturated heterocycles. The average Bonchev–Trinajstić information content (AvgIpc) is 3.05. The summed E-state index contributed by atoms with van der Waals surface area (Å²) in [6, 6.07) is 22.2. The van der Waals surface area contributed by atoms with Crippen molar-refractivity contribution in [1.82, 2.24) is 4.98 Å². The third-order valence-electron chi connectivity index (χ3n) is 3.89. The van der Waals surface area contributed by atoms with Gasteiger partial charge in [-0.25, -0.2) is 4.98 Å². The van der Waals surface area contributed by atoms with Crippen LogP contribution in [0.25, 0.3) is 22.6 Å². The largest absolute Gasteiger partial charge is 0.436 e. The van der Waals surface area contributed by atoms with Gasteiger partial charge in [-0.15, -0.1) is 0 Å². The van der Waals surface area contributed by atoms with Crippen molar-refractivity contribution in [3.05, 3.63) is 81.4 Å². The van der Waals surface area contributed by atoms with Crippen molar-refractivity contribution in [3.63, 3.8) is 0 Å². The molecule has 25 heavy (non-hydrogen) atoms. The number of aryl methyl sites for hydroxylation is 1. The number of nitrogens with zero attached hydrogens (tertiary/aromatic N) is 2. The van der Waals surface area contributed by atoms with E-state index in [9.17, 15) is 0 Å². The molecule has 3 nitrogen and oxygen atoms in total. The zero-order valence-corrected chi connectivity index (χ0v) is 15.8. The van der Waals surface area contributed by atoms with E-state index in [4.69, 9.17) is 4.42 Å². The van der Waals surface area contributed by atoms with Gasteiger partial charge in [0.15, 0.2) is 5.58 Å². The van der Waals surface area contributed by atoms with Gasteiger partial charge in [-0.3, -0.25) is 4.99 Å². The van der Waals surface area contributed by atoms with Gasteiger partial charge in [0.25, 0.3) is 0 Å². The Bertz CT molecular complexity index is 1050. The lowest BCUT2D eigenvalue weighted by Crippen LogP contribution is -1.81.